The largest absolute Gasteiger partial charge is 0.325 e. The average molecular weight is 248 g/mol. The number of amides is 1. The van der Waals surface area contributed by atoms with Gasteiger partial charge in [-0.15, -0.1) is 0 Å². The van der Waals surface area contributed by atoms with Gasteiger partial charge in [0.15, 0.2) is 0 Å². The maximum atomic E-state index is 11.7. The summed E-state index contributed by atoms with van der Waals surface area (Å²) in [6.07, 6.45) is 2.22. The number of anilines is 1. The summed E-state index contributed by atoms with van der Waals surface area (Å²) in [5.41, 5.74) is 2.13. The molecular formula is C15H24N2O. The van der Waals surface area contributed by atoms with E-state index in [9.17, 15) is 4.79 Å². The Morgan fingerprint density at radius 3 is 2.28 bits per heavy atom. The number of benzene rings is 1. The van der Waals surface area contributed by atoms with Crippen LogP contribution in [0.15, 0.2) is 24.3 Å². The van der Waals surface area contributed by atoms with E-state index in [0.29, 0.717) is 6.54 Å². The van der Waals surface area contributed by atoms with Crippen molar-refractivity contribution in [3.8, 4) is 0 Å². The summed E-state index contributed by atoms with van der Waals surface area (Å²) < 4.78 is 0. The molecule has 0 aliphatic carbocycles. The first-order valence-corrected chi connectivity index (χ1v) is 6.54. The molecule has 0 aliphatic heterocycles. The molecule has 3 nitrogen and oxygen atoms in total. The molecule has 1 rings (SSSR count). The summed E-state index contributed by atoms with van der Waals surface area (Å²) in [5.74, 6) is -0.00633. The van der Waals surface area contributed by atoms with E-state index in [2.05, 4.69) is 29.7 Å². The highest BCUT2D eigenvalue weighted by Crippen LogP contribution is 2.10. The van der Waals surface area contributed by atoms with Crippen LogP contribution in [0.5, 0.6) is 0 Å². The molecule has 3 heteroatoms. The van der Waals surface area contributed by atoms with Crippen molar-refractivity contribution in [2.75, 3.05) is 11.9 Å². The third-order valence-electron chi connectivity index (χ3n) is 2.56. The monoisotopic (exact) mass is 248 g/mol. The van der Waals surface area contributed by atoms with Gasteiger partial charge in [0.05, 0.1) is 6.54 Å². The van der Waals surface area contributed by atoms with Gasteiger partial charge in [0.2, 0.25) is 5.91 Å². The SMILES string of the molecule is CCCc1ccc(NC(=O)CNC(C)(C)C)cc1. The third-order valence-corrected chi connectivity index (χ3v) is 2.56. The van der Waals surface area contributed by atoms with E-state index in [0.717, 1.165) is 18.5 Å². The first kappa shape index (κ1) is 14.7. The Hall–Kier alpha value is -1.35. The summed E-state index contributed by atoms with van der Waals surface area (Å²) in [6.45, 7) is 8.62. The minimum Gasteiger partial charge on any atom is -0.325 e. The van der Waals surface area contributed by atoms with E-state index in [-0.39, 0.29) is 11.4 Å². The van der Waals surface area contributed by atoms with Crippen LogP contribution in [0.1, 0.15) is 39.7 Å². The molecule has 0 unspecified atom stereocenters. The van der Waals surface area contributed by atoms with Crippen molar-refractivity contribution >= 4 is 11.6 Å². The van der Waals surface area contributed by atoms with Gasteiger partial charge in [0.25, 0.3) is 0 Å². The van der Waals surface area contributed by atoms with Crippen molar-refractivity contribution < 1.29 is 4.79 Å². The molecule has 18 heavy (non-hydrogen) atoms. The van der Waals surface area contributed by atoms with Crippen molar-refractivity contribution in [1.82, 2.24) is 5.32 Å². The van der Waals surface area contributed by atoms with E-state index in [1.165, 1.54) is 5.56 Å². The van der Waals surface area contributed by atoms with Gasteiger partial charge in [-0.25, -0.2) is 0 Å². The lowest BCUT2D eigenvalue weighted by Gasteiger charge is -2.20. The Balaban J connectivity index is 2.44. The van der Waals surface area contributed by atoms with Crippen LogP contribution in [-0.2, 0) is 11.2 Å². The summed E-state index contributed by atoms with van der Waals surface area (Å²) in [6, 6.07) is 8.05. The summed E-state index contributed by atoms with van der Waals surface area (Å²) in [5, 5.41) is 6.04. The third kappa shape index (κ3) is 5.82. The summed E-state index contributed by atoms with van der Waals surface area (Å²) in [7, 11) is 0. The first-order chi connectivity index (χ1) is 8.40. The van der Waals surface area contributed by atoms with Gasteiger partial charge in [-0.1, -0.05) is 25.5 Å². The highest BCUT2D eigenvalue weighted by atomic mass is 16.1. The van der Waals surface area contributed by atoms with Gasteiger partial charge < -0.3 is 10.6 Å². The molecule has 0 radical (unpaired) electrons. The molecule has 0 saturated carbocycles. The van der Waals surface area contributed by atoms with Crippen LogP contribution in [-0.4, -0.2) is 18.0 Å². The molecule has 1 amide bonds. The highest BCUT2D eigenvalue weighted by molar-refractivity contribution is 5.92. The van der Waals surface area contributed by atoms with Crippen LogP contribution in [0.25, 0.3) is 0 Å². The number of nitrogens with one attached hydrogen (secondary N) is 2. The van der Waals surface area contributed by atoms with Gasteiger partial charge in [0.1, 0.15) is 0 Å². The smallest absolute Gasteiger partial charge is 0.238 e. The number of hydrogen-bond donors (Lipinski definition) is 2. The zero-order valence-electron chi connectivity index (χ0n) is 11.8. The molecule has 1 aromatic carbocycles. The van der Waals surface area contributed by atoms with Gasteiger partial charge in [-0.3, -0.25) is 4.79 Å². The van der Waals surface area contributed by atoms with Crippen LogP contribution < -0.4 is 10.6 Å². The molecule has 1 aromatic rings. The fourth-order valence-electron chi connectivity index (χ4n) is 1.59. The number of carbonyl (C=O) groups excluding carboxylic acids is 1. The van der Waals surface area contributed by atoms with Gasteiger partial charge >= 0.3 is 0 Å². The number of hydrogen-bond acceptors (Lipinski definition) is 2. The molecule has 2 N–H and O–H groups in total. The highest BCUT2D eigenvalue weighted by Gasteiger charge is 2.11. The van der Waals surface area contributed by atoms with E-state index < -0.39 is 0 Å². The molecule has 0 atom stereocenters. The van der Waals surface area contributed by atoms with Crippen molar-refractivity contribution in [1.29, 1.82) is 0 Å². The van der Waals surface area contributed by atoms with Crippen molar-refractivity contribution in [3.05, 3.63) is 29.8 Å². The Labute approximate surface area is 110 Å². The molecule has 0 spiro atoms. The van der Waals surface area contributed by atoms with Gasteiger partial charge in [-0.05, 0) is 44.9 Å². The topological polar surface area (TPSA) is 41.1 Å². The van der Waals surface area contributed by atoms with Gasteiger partial charge in [0, 0.05) is 11.2 Å². The van der Waals surface area contributed by atoms with Crippen LogP contribution in [0.4, 0.5) is 5.69 Å². The molecule has 100 valence electrons. The molecule has 0 heterocycles. The summed E-state index contributed by atoms with van der Waals surface area (Å²) in [4.78, 5) is 11.7. The first-order valence-electron chi connectivity index (χ1n) is 6.54. The average Bonchev–Trinajstić information content (AvgIpc) is 2.29. The predicted molar refractivity (Wildman–Crippen MR) is 76.8 cm³/mol. The van der Waals surface area contributed by atoms with Gasteiger partial charge in [-0.2, -0.15) is 0 Å². The predicted octanol–water partition coefficient (Wildman–Crippen LogP) is 2.97. The van der Waals surface area contributed by atoms with Crippen molar-refractivity contribution in [2.24, 2.45) is 0 Å². The lowest BCUT2D eigenvalue weighted by molar-refractivity contribution is -0.115. The van der Waals surface area contributed by atoms with Crippen LogP contribution in [0.3, 0.4) is 0 Å². The second-order valence-corrected chi connectivity index (χ2v) is 5.60. The summed E-state index contributed by atoms with van der Waals surface area (Å²) >= 11 is 0. The number of carbonyl (C=O) groups is 1. The van der Waals surface area contributed by atoms with E-state index >= 15 is 0 Å². The molecule has 0 aliphatic rings. The Kier molecular flexibility index (Phi) is 5.35. The zero-order chi connectivity index (χ0) is 13.6. The Bertz CT molecular complexity index is 376. The number of aryl methyl sites for hydroxylation is 1. The standard InChI is InChI=1S/C15H24N2O/c1-5-6-12-7-9-13(10-8-12)17-14(18)11-16-15(2,3)4/h7-10,16H,5-6,11H2,1-4H3,(H,17,18). The van der Waals surface area contributed by atoms with E-state index in [1.54, 1.807) is 0 Å². The fourth-order valence-corrected chi connectivity index (χ4v) is 1.59. The van der Waals surface area contributed by atoms with Crippen LogP contribution in [0, 0.1) is 0 Å². The van der Waals surface area contributed by atoms with E-state index in [1.807, 2.05) is 32.9 Å². The molecule has 0 saturated heterocycles. The zero-order valence-corrected chi connectivity index (χ0v) is 11.8. The second kappa shape index (κ2) is 6.55. The Morgan fingerprint density at radius 2 is 1.78 bits per heavy atom. The lowest BCUT2D eigenvalue weighted by atomic mass is 10.1. The molecule has 0 bridgehead atoms. The maximum absolute atomic E-state index is 11.7. The fraction of sp³-hybridized carbons (Fsp3) is 0.533. The second-order valence-electron chi connectivity index (χ2n) is 5.60. The van der Waals surface area contributed by atoms with Crippen LogP contribution >= 0.6 is 0 Å². The minimum atomic E-state index is -0.0394. The van der Waals surface area contributed by atoms with E-state index in [4.69, 9.17) is 0 Å². The normalized spacial score (nSPS) is 11.3. The molecular weight excluding hydrogens is 224 g/mol. The lowest BCUT2D eigenvalue weighted by Crippen LogP contribution is -2.41. The Morgan fingerprint density at radius 1 is 1.17 bits per heavy atom. The maximum Gasteiger partial charge on any atom is 0.238 e. The molecule has 0 aromatic heterocycles. The van der Waals surface area contributed by atoms with Crippen molar-refractivity contribution in [2.45, 2.75) is 46.1 Å². The minimum absolute atomic E-state index is 0.00633. The van der Waals surface area contributed by atoms with Crippen LogP contribution in [0.2, 0.25) is 0 Å². The quantitative estimate of drug-likeness (QED) is 0.841. The number of rotatable bonds is 5. The van der Waals surface area contributed by atoms with Crippen molar-refractivity contribution in [3.63, 3.8) is 0 Å². The molecule has 0 fully saturated rings.